The number of nitrogens with two attached hydrogens (primary N) is 1. The van der Waals surface area contributed by atoms with E-state index in [2.05, 4.69) is 0 Å². The van der Waals surface area contributed by atoms with E-state index in [1.54, 1.807) is 12.1 Å². The van der Waals surface area contributed by atoms with Gasteiger partial charge in [0.25, 0.3) is 5.91 Å². The number of carbonyl (C=O) groups is 1. The summed E-state index contributed by atoms with van der Waals surface area (Å²) in [7, 11) is 0. The Morgan fingerprint density at radius 2 is 1.92 bits per heavy atom. The first-order chi connectivity index (χ1) is 6.06. The van der Waals surface area contributed by atoms with Crippen LogP contribution in [-0.4, -0.2) is 5.91 Å². The fraction of sp³-hybridized carbons (Fsp3) is 0.222. The molecule has 0 aromatic heterocycles. The van der Waals surface area contributed by atoms with Crippen molar-refractivity contribution in [2.45, 2.75) is 13.8 Å². The van der Waals surface area contributed by atoms with E-state index in [1.165, 1.54) is 0 Å². The van der Waals surface area contributed by atoms with E-state index >= 15 is 0 Å². The molecule has 0 spiro atoms. The summed E-state index contributed by atoms with van der Waals surface area (Å²) in [6.45, 7) is 3.85. The van der Waals surface area contributed by atoms with Gasteiger partial charge in [0.15, 0.2) is 0 Å². The molecular formula is C9H11ClN2O. The molecule has 0 saturated heterocycles. The molecule has 3 nitrogen and oxygen atoms in total. The summed E-state index contributed by atoms with van der Waals surface area (Å²) in [6, 6.07) is 3.47. The lowest BCUT2D eigenvalue weighted by molar-refractivity contribution is 0.0953. The number of carbonyl (C=O) groups excluding carboxylic acids is 1. The van der Waals surface area contributed by atoms with Gasteiger partial charge in [-0.25, -0.2) is 5.84 Å². The van der Waals surface area contributed by atoms with Crippen molar-refractivity contribution in [1.29, 1.82) is 0 Å². The van der Waals surface area contributed by atoms with Crippen molar-refractivity contribution in [1.82, 2.24) is 5.43 Å². The first-order valence-electron chi connectivity index (χ1n) is 3.84. The van der Waals surface area contributed by atoms with Crippen LogP contribution < -0.4 is 11.3 Å². The summed E-state index contributed by atoms with van der Waals surface area (Å²) in [5, 5.41) is 0.422. The SMILES string of the molecule is Cc1cc(Cl)c(C(=O)NN)cc1C. The van der Waals surface area contributed by atoms with Gasteiger partial charge < -0.3 is 0 Å². The highest BCUT2D eigenvalue weighted by atomic mass is 35.5. The quantitative estimate of drug-likeness (QED) is 0.409. The Morgan fingerprint density at radius 1 is 1.38 bits per heavy atom. The van der Waals surface area contributed by atoms with E-state index in [0.717, 1.165) is 11.1 Å². The van der Waals surface area contributed by atoms with E-state index in [9.17, 15) is 4.79 Å². The molecule has 1 rings (SSSR count). The molecular weight excluding hydrogens is 188 g/mol. The van der Waals surface area contributed by atoms with Crippen molar-refractivity contribution in [3.8, 4) is 0 Å². The van der Waals surface area contributed by atoms with Gasteiger partial charge in [0, 0.05) is 0 Å². The lowest BCUT2D eigenvalue weighted by Crippen LogP contribution is -2.30. The maximum absolute atomic E-state index is 11.2. The number of hydrogen-bond donors (Lipinski definition) is 2. The Balaban J connectivity index is 3.23. The summed E-state index contributed by atoms with van der Waals surface area (Å²) in [4.78, 5) is 11.2. The highest BCUT2D eigenvalue weighted by Gasteiger charge is 2.09. The Hall–Kier alpha value is -1.06. The van der Waals surface area contributed by atoms with E-state index < -0.39 is 0 Å². The number of halogens is 1. The van der Waals surface area contributed by atoms with Gasteiger partial charge in [0.05, 0.1) is 10.6 Å². The van der Waals surface area contributed by atoms with Gasteiger partial charge in [-0.15, -0.1) is 0 Å². The third-order valence-corrected chi connectivity index (χ3v) is 2.27. The Morgan fingerprint density at radius 3 is 2.46 bits per heavy atom. The van der Waals surface area contributed by atoms with Gasteiger partial charge in [-0.1, -0.05) is 11.6 Å². The third kappa shape index (κ3) is 1.99. The minimum absolute atomic E-state index is 0.367. The molecule has 1 aromatic rings. The number of rotatable bonds is 1. The van der Waals surface area contributed by atoms with Crippen molar-refractivity contribution in [2.75, 3.05) is 0 Å². The molecule has 0 aliphatic heterocycles. The van der Waals surface area contributed by atoms with Crippen molar-refractivity contribution in [2.24, 2.45) is 5.84 Å². The normalized spacial score (nSPS) is 9.85. The van der Waals surface area contributed by atoms with Crippen LogP contribution in [0.15, 0.2) is 12.1 Å². The third-order valence-electron chi connectivity index (χ3n) is 1.96. The standard InChI is InChI=1S/C9H11ClN2O/c1-5-3-7(9(13)12-11)8(10)4-6(5)2/h3-4H,11H2,1-2H3,(H,12,13). The maximum Gasteiger partial charge on any atom is 0.266 e. The molecule has 0 saturated carbocycles. The maximum atomic E-state index is 11.2. The Kier molecular flexibility index (Phi) is 2.90. The Bertz CT molecular complexity index is 350. The van der Waals surface area contributed by atoms with Crippen LogP contribution in [0.4, 0.5) is 0 Å². The molecule has 3 N–H and O–H groups in total. The van der Waals surface area contributed by atoms with Crippen LogP contribution in [0.3, 0.4) is 0 Å². The van der Waals surface area contributed by atoms with Gasteiger partial charge in [-0.05, 0) is 37.1 Å². The van der Waals surface area contributed by atoms with Crippen molar-refractivity contribution in [3.63, 3.8) is 0 Å². The van der Waals surface area contributed by atoms with Crippen LogP contribution in [0.2, 0.25) is 5.02 Å². The van der Waals surface area contributed by atoms with Gasteiger partial charge in [0.2, 0.25) is 0 Å². The molecule has 0 bridgehead atoms. The second-order valence-corrected chi connectivity index (χ2v) is 3.30. The topological polar surface area (TPSA) is 55.1 Å². The number of nitrogen functional groups attached to an aromatic ring is 1. The summed E-state index contributed by atoms with van der Waals surface area (Å²) >= 11 is 5.86. The van der Waals surface area contributed by atoms with Crippen LogP contribution in [0, 0.1) is 13.8 Å². The highest BCUT2D eigenvalue weighted by molar-refractivity contribution is 6.33. The molecule has 0 aliphatic carbocycles. The molecule has 0 unspecified atom stereocenters. The summed E-state index contributed by atoms with van der Waals surface area (Å²) in [5.74, 6) is 4.64. The number of hydrogen-bond acceptors (Lipinski definition) is 2. The van der Waals surface area contributed by atoms with Crippen LogP contribution in [0.5, 0.6) is 0 Å². The fourth-order valence-corrected chi connectivity index (χ4v) is 1.34. The average molecular weight is 199 g/mol. The predicted molar refractivity (Wildman–Crippen MR) is 52.6 cm³/mol. The lowest BCUT2D eigenvalue weighted by Gasteiger charge is -2.06. The second-order valence-electron chi connectivity index (χ2n) is 2.89. The monoisotopic (exact) mass is 198 g/mol. The molecule has 4 heteroatoms. The molecule has 0 heterocycles. The smallest absolute Gasteiger partial charge is 0.266 e. The van der Waals surface area contributed by atoms with E-state index in [4.69, 9.17) is 17.4 Å². The first kappa shape index (κ1) is 10.0. The molecule has 1 aromatic carbocycles. The van der Waals surface area contributed by atoms with E-state index in [0.29, 0.717) is 10.6 Å². The zero-order valence-corrected chi connectivity index (χ0v) is 8.27. The van der Waals surface area contributed by atoms with E-state index in [-0.39, 0.29) is 5.91 Å². The predicted octanol–water partition coefficient (Wildman–Crippen LogP) is 1.56. The molecule has 0 fully saturated rings. The van der Waals surface area contributed by atoms with Gasteiger partial charge in [0.1, 0.15) is 0 Å². The first-order valence-corrected chi connectivity index (χ1v) is 4.21. The summed E-state index contributed by atoms with van der Waals surface area (Å²) in [5.41, 5.74) is 4.53. The molecule has 0 atom stereocenters. The molecule has 1 amide bonds. The molecule has 0 aliphatic rings. The van der Waals surface area contributed by atoms with Gasteiger partial charge in [-0.3, -0.25) is 10.2 Å². The number of hydrazine groups is 1. The Labute approximate surface area is 81.9 Å². The largest absolute Gasteiger partial charge is 0.290 e. The minimum atomic E-state index is -0.367. The summed E-state index contributed by atoms with van der Waals surface area (Å²) in [6.07, 6.45) is 0. The zero-order valence-electron chi connectivity index (χ0n) is 7.52. The molecule has 13 heavy (non-hydrogen) atoms. The highest BCUT2D eigenvalue weighted by Crippen LogP contribution is 2.20. The van der Waals surface area contributed by atoms with Crippen LogP contribution in [0.25, 0.3) is 0 Å². The van der Waals surface area contributed by atoms with Gasteiger partial charge in [-0.2, -0.15) is 0 Å². The van der Waals surface area contributed by atoms with E-state index in [1.807, 2.05) is 19.3 Å². The lowest BCUT2D eigenvalue weighted by atomic mass is 10.1. The number of nitrogens with one attached hydrogen (secondary N) is 1. The molecule has 70 valence electrons. The molecule has 0 radical (unpaired) electrons. The second kappa shape index (κ2) is 3.77. The number of benzene rings is 1. The minimum Gasteiger partial charge on any atom is -0.290 e. The van der Waals surface area contributed by atoms with Crippen molar-refractivity contribution < 1.29 is 4.79 Å². The number of amides is 1. The van der Waals surface area contributed by atoms with Crippen LogP contribution in [0.1, 0.15) is 21.5 Å². The zero-order chi connectivity index (χ0) is 10.0. The summed E-state index contributed by atoms with van der Waals surface area (Å²) < 4.78 is 0. The van der Waals surface area contributed by atoms with Crippen LogP contribution >= 0.6 is 11.6 Å². The van der Waals surface area contributed by atoms with Crippen molar-refractivity contribution >= 4 is 17.5 Å². The van der Waals surface area contributed by atoms with Gasteiger partial charge >= 0.3 is 0 Å². The fourth-order valence-electron chi connectivity index (χ4n) is 1.03. The average Bonchev–Trinajstić information content (AvgIpc) is 2.10. The van der Waals surface area contributed by atoms with Crippen LogP contribution in [-0.2, 0) is 0 Å². The number of aryl methyl sites for hydroxylation is 2. The van der Waals surface area contributed by atoms with Crippen molar-refractivity contribution in [3.05, 3.63) is 33.8 Å².